The van der Waals surface area contributed by atoms with E-state index in [1.54, 1.807) is 11.3 Å². The number of carbonyl (C=O) groups is 2. The molecule has 2 aliphatic rings. The summed E-state index contributed by atoms with van der Waals surface area (Å²) in [5.74, 6) is 0.410. The molecule has 1 fully saturated rings. The molecule has 2 atom stereocenters. The lowest BCUT2D eigenvalue weighted by Gasteiger charge is -2.23. The average Bonchev–Trinajstić information content (AvgIpc) is 3.18. The lowest BCUT2D eigenvalue weighted by molar-refractivity contribution is -0.137. The van der Waals surface area contributed by atoms with Gasteiger partial charge in [0, 0.05) is 33.7 Å². The highest BCUT2D eigenvalue weighted by atomic mass is 79.9. The van der Waals surface area contributed by atoms with Crippen molar-refractivity contribution in [3.8, 4) is 10.6 Å². The summed E-state index contributed by atoms with van der Waals surface area (Å²) < 4.78 is 6.57. The van der Waals surface area contributed by atoms with E-state index in [2.05, 4.69) is 22.0 Å². The van der Waals surface area contributed by atoms with Gasteiger partial charge in [0.2, 0.25) is 0 Å². The summed E-state index contributed by atoms with van der Waals surface area (Å²) in [6, 6.07) is 6.09. The summed E-state index contributed by atoms with van der Waals surface area (Å²) in [7, 11) is 0. The van der Waals surface area contributed by atoms with Crippen LogP contribution in [0.15, 0.2) is 28.4 Å². The number of aryl methyl sites for hydroxylation is 2. The summed E-state index contributed by atoms with van der Waals surface area (Å²) in [5, 5.41) is 0.882. The zero-order chi connectivity index (χ0) is 19.3. The number of ketones is 1. The van der Waals surface area contributed by atoms with E-state index in [-0.39, 0.29) is 23.6 Å². The minimum absolute atomic E-state index is 0.0308. The molecule has 1 aromatic carbocycles. The van der Waals surface area contributed by atoms with Crippen molar-refractivity contribution >= 4 is 44.6 Å². The number of halogens is 1. The maximum absolute atomic E-state index is 13.1. The van der Waals surface area contributed by atoms with Crippen LogP contribution in [-0.4, -0.2) is 16.7 Å². The van der Waals surface area contributed by atoms with Crippen LogP contribution in [0.4, 0.5) is 0 Å². The topological polar surface area (TPSA) is 56.3 Å². The van der Waals surface area contributed by atoms with Gasteiger partial charge in [-0.15, -0.1) is 11.3 Å². The van der Waals surface area contributed by atoms with E-state index < -0.39 is 0 Å². The molecule has 1 heterocycles. The van der Waals surface area contributed by atoms with E-state index >= 15 is 0 Å². The lowest BCUT2D eigenvalue weighted by Crippen LogP contribution is -2.24. The molecule has 0 spiro atoms. The number of aromatic nitrogens is 1. The van der Waals surface area contributed by atoms with E-state index in [0.29, 0.717) is 17.0 Å². The monoisotopic (exact) mass is 445 g/mol. The standard InChI is InChI=1S/C21H20BrNO3S/c1-10-8-15(22)6-7-16(10)21-23-18(11(2)27-21)17-19(25)13-4-5-14(9-13)20(17)26-12(3)24/h6-8,13-14H,4-5,9H2,1-3H3/t13-,14+/m0/s1. The van der Waals surface area contributed by atoms with E-state index in [0.717, 1.165) is 44.7 Å². The molecule has 0 unspecified atom stereocenters. The van der Waals surface area contributed by atoms with Gasteiger partial charge in [-0.25, -0.2) is 4.98 Å². The molecule has 4 nitrogen and oxygen atoms in total. The first-order valence-corrected chi connectivity index (χ1v) is 10.7. The van der Waals surface area contributed by atoms with Crippen LogP contribution in [0, 0.1) is 25.7 Å². The maximum atomic E-state index is 13.1. The van der Waals surface area contributed by atoms with E-state index in [4.69, 9.17) is 9.72 Å². The number of ether oxygens (including phenoxy) is 1. The summed E-state index contributed by atoms with van der Waals surface area (Å²) in [6.45, 7) is 5.42. The predicted octanol–water partition coefficient (Wildman–Crippen LogP) is 5.46. The Hall–Kier alpha value is -1.79. The Morgan fingerprint density at radius 2 is 2.00 bits per heavy atom. The van der Waals surface area contributed by atoms with Crippen LogP contribution in [0.2, 0.25) is 0 Å². The molecule has 0 N–H and O–H groups in total. The fourth-order valence-corrected chi connectivity index (χ4v) is 5.61. The third-order valence-electron chi connectivity index (χ3n) is 5.37. The molecule has 1 aromatic heterocycles. The van der Waals surface area contributed by atoms with Crippen LogP contribution < -0.4 is 0 Å². The largest absolute Gasteiger partial charge is 0.430 e. The molecule has 0 aliphatic heterocycles. The minimum atomic E-state index is -0.377. The van der Waals surface area contributed by atoms with E-state index in [9.17, 15) is 9.59 Å². The van der Waals surface area contributed by atoms with E-state index in [1.165, 1.54) is 6.92 Å². The van der Waals surface area contributed by atoms with Gasteiger partial charge in [-0.05, 0) is 50.8 Å². The molecule has 2 bridgehead atoms. The Labute approximate surface area is 170 Å². The fraction of sp³-hybridized carbons (Fsp3) is 0.381. The Balaban J connectivity index is 1.85. The highest BCUT2D eigenvalue weighted by molar-refractivity contribution is 9.10. The summed E-state index contributed by atoms with van der Waals surface area (Å²) in [6.07, 6.45) is 2.54. The summed E-state index contributed by atoms with van der Waals surface area (Å²) >= 11 is 5.07. The number of carbonyl (C=O) groups excluding carboxylic acids is 2. The first-order valence-electron chi connectivity index (χ1n) is 9.06. The molecule has 2 aliphatic carbocycles. The van der Waals surface area contributed by atoms with Crippen molar-refractivity contribution in [1.29, 1.82) is 0 Å². The van der Waals surface area contributed by atoms with Gasteiger partial charge in [0.25, 0.3) is 0 Å². The molecule has 0 radical (unpaired) electrons. The van der Waals surface area contributed by atoms with Crippen LogP contribution in [0.25, 0.3) is 16.1 Å². The number of esters is 1. The maximum Gasteiger partial charge on any atom is 0.307 e. The molecule has 140 valence electrons. The van der Waals surface area contributed by atoms with Crippen LogP contribution >= 0.6 is 27.3 Å². The van der Waals surface area contributed by atoms with Crippen LogP contribution in [0.3, 0.4) is 0 Å². The Bertz CT molecular complexity index is 991. The zero-order valence-electron chi connectivity index (χ0n) is 15.5. The SMILES string of the molecule is CC(=O)OC1=C(c2nc(-c3ccc(Br)cc3C)sc2C)C(=O)[C@H]2CC[C@@H]1C2. The van der Waals surface area contributed by atoms with Crippen LogP contribution in [-0.2, 0) is 14.3 Å². The highest BCUT2D eigenvalue weighted by Crippen LogP contribution is 2.48. The highest BCUT2D eigenvalue weighted by Gasteiger charge is 2.44. The van der Waals surface area contributed by atoms with Crippen molar-refractivity contribution in [2.24, 2.45) is 11.8 Å². The van der Waals surface area contributed by atoms with Crippen molar-refractivity contribution in [1.82, 2.24) is 4.98 Å². The summed E-state index contributed by atoms with van der Waals surface area (Å²) in [4.78, 5) is 30.6. The second-order valence-corrected chi connectivity index (χ2v) is 9.41. The van der Waals surface area contributed by atoms with Gasteiger partial charge in [0.1, 0.15) is 10.8 Å². The predicted molar refractivity (Wildman–Crippen MR) is 109 cm³/mol. The Kier molecular flexibility index (Phi) is 4.80. The zero-order valence-corrected chi connectivity index (χ0v) is 17.9. The quantitative estimate of drug-likeness (QED) is 0.588. The van der Waals surface area contributed by atoms with Gasteiger partial charge >= 0.3 is 5.97 Å². The molecule has 2 aromatic rings. The number of rotatable bonds is 3. The molecule has 1 saturated carbocycles. The van der Waals surface area contributed by atoms with Gasteiger partial charge in [-0.1, -0.05) is 22.0 Å². The van der Waals surface area contributed by atoms with Crippen molar-refractivity contribution in [2.75, 3.05) is 0 Å². The van der Waals surface area contributed by atoms with Crippen LogP contribution in [0.5, 0.6) is 0 Å². The first-order chi connectivity index (χ1) is 12.8. The third kappa shape index (κ3) is 3.29. The number of hydrogen-bond acceptors (Lipinski definition) is 5. The van der Waals surface area contributed by atoms with Gasteiger partial charge in [0.05, 0.1) is 11.3 Å². The smallest absolute Gasteiger partial charge is 0.307 e. The molecular weight excluding hydrogens is 426 g/mol. The fourth-order valence-electron chi connectivity index (χ4n) is 4.12. The van der Waals surface area contributed by atoms with Gasteiger partial charge in [-0.3, -0.25) is 9.59 Å². The molecule has 6 heteroatoms. The van der Waals surface area contributed by atoms with Crippen molar-refractivity contribution in [2.45, 2.75) is 40.0 Å². The number of thiazole rings is 1. The number of hydrogen-bond donors (Lipinski definition) is 0. The Morgan fingerprint density at radius 1 is 1.26 bits per heavy atom. The van der Waals surface area contributed by atoms with Crippen molar-refractivity contribution in [3.05, 3.63) is 44.6 Å². The lowest BCUT2D eigenvalue weighted by atomic mass is 9.85. The first kappa shape index (κ1) is 18.6. The number of Topliss-reactive ketones (excluding diaryl/α,β-unsaturated/α-hetero) is 1. The molecular formula is C21H20BrNO3S. The minimum Gasteiger partial charge on any atom is -0.430 e. The molecule has 0 saturated heterocycles. The third-order valence-corrected chi connectivity index (χ3v) is 6.87. The van der Waals surface area contributed by atoms with E-state index in [1.807, 2.05) is 26.0 Å². The normalized spacial score (nSPS) is 21.7. The van der Waals surface area contributed by atoms with Crippen molar-refractivity contribution in [3.63, 3.8) is 0 Å². The number of fused-ring (bicyclic) bond motifs is 2. The number of allylic oxidation sites excluding steroid dienone is 2. The number of benzene rings is 1. The van der Waals surface area contributed by atoms with Crippen molar-refractivity contribution < 1.29 is 14.3 Å². The molecule has 0 amide bonds. The van der Waals surface area contributed by atoms with Gasteiger partial charge < -0.3 is 4.74 Å². The Morgan fingerprint density at radius 3 is 2.70 bits per heavy atom. The van der Waals surface area contributed by atoms with Crippen LogP contribution in [0.1, 0.15) is 42.3 Å². The van der Waals surface area contributed by atoms with Gasteiger partial charge in [0.15, 0.2) is 5.78 Å². The summed E-state index contributed by atoms with van der Waals surface area (Å²) in [5.41, 5.74) is 3.38. The molecule has 4 rings (SSSR count). The number of nitrogens with zero attached hydrogens (tertiary/aromatic N) is 1. The average molecular weight is 446 g/mol. The second-order valence-electron chi connectivity index (χ2n) is 7.29. The van der Waals surface area contributed by atoms with Gasteiger partial charge in [-0.2, -0.15) is 0 Å². The molecule has 27 heavy (non-hydrogen) atoms. The second kappa shape index (κ2) is 6.99.